The number of hydrogen-bond acceptors (Lipinski definition) is 6. The summed E-state index contributed by atoms with van der Waals surface area (Å²) >= 11 is 1.40. The van der Waals surface area contributed by atoms with Gasteiger partial charge in [0.2, 0.25) is 0 Å². The van der Waals surface area contributed by atoms with Gasteiger partial charge in [-0.3, -0.25) is 4.79 Å². The summed E-state index contributed by atoms with van der Waals surface area (Å²) in [7, 11) is 1.89. The Labute approximate surface area is 159 Å². The summed E-state index contributed by atoms with van der Waals surface area (Å²) in [5.41, 5.74) is 0.623. The van der Waals surface area contributed by atoms with E-state index in [4.69, 9.17) is 0 Å². The highest BCUT2D eigenvalue weighted by atomic mass is 32.1. The molecule has 0 amide bonds. The summed E-state index contributed by atoms with van der Waals surface area (Å²) in [5.74, 6) is 0.673. The van der Waals surface area contributed by atoms with Crippen LogP contribution in [0.1, 0.15) is 19.3 Å². The maximum Gasteiger partial charge on any atom is 0.265 e. The molecule has 0 aliphatic carbocycles. The molecule has 8 heteroatoms. The molecule has 5 rings (SSSR count). The maximum absolute atomic E-state index is 14.8. The van der Waals surface area contributed by atoms with Gasteiger partial charge in [0.1, 0.15) is 16.6 Å². The third-order valence-electron chi connectivity index (χ3n) is 5.76. The van der Waals surface area contributed by atoms with Gasteiger partial charge in [0.05, 0.1) is 10.9 Å². The van der Waals surface area contributed by atoms with E-state index in [2.05, 4.69) is 20.5 Å². The summed E-state index contributed by atoms with van der Waals surface area (Å²) in [6.07, 6.45) is 3.49. The summed E-state index contributed by atoms with van der Waals surface area (Å²) < 4.78 is 15.5. The first kappa shape index (κ1) is 16.8. The highest BCUT2D eigenvalue weighted by Gasteiger charge is 2.43. The fourth-order valence-electron chi connectivity index (χ4n) is 4.27. The van der Waals surface area contributed by atoms with Gasteiger partial charge in [0.25, 0.3) is 5.56 Å². The Hall–Kier alpha value is -2.32. The largest absolute Gasteiger partial charge is 0.352 e. The van der Waals surface area contributed by atoms with Crippen LogP contribution in [0.4, 0.5) is 10.2 Å². The first-order chi connectivity index (χ1) is 13.1. The number of fused-ring (bicyclic) bond motifs is 3. The quantitative estimate of drug-likeness (QED) is 0.725. The van der Waals surface area contributed by atoms with Crippen molar-refractivity contribution in [3.8, 4) is 10.6 Å². The highest BCUT2D eigenvalue weighted by molar-refractivity contribution is 7.22. The van der Waals surface area contributed by atoms with Crippen LogP contribution in [0.25, 0.3) is 20.7 Å². The number of rotatable bonds is 3. The molecule has 4 atom stereocenters. The van der Waals surface area contributed by atoms with E-state index in [1.807, 2.05) is 36.2 Å². The fourth-order valence-corrected chi connectivity index (χ4v) is 5.28. The highest BCUT2D eigenvalue weighted by Crippen LogP contribution is 2.34. The van der Waals surface area contributed by atoms with E-state index in [0.29, 0.717) is 16.6 Å². The average molecular weight is 385 g/mol. The van der Waals surface area contributed by atoms with Crippen molar-refractivity contribution in [3.63, 3.8) is 0 Å². The van der Waals surface area contributed by atoms with E-state index in [9.17, 15) is 9.18 Å². The lowest BCUT2D eigenvalue weighted by molar-refractivity contribution is 0.176. The second-order valence-corrected chi connectivity index (χ2v) is 8.44. The molecule has 27 heavy (non-hydrogen) atoms. The molecule has 2 aliphatic rings. The third kappa shape index (κ3) is 2.83. The SMILES string of the molecule is CN(c1ccc(-c2cc3cc[nH]c(=O)c3s2)nn1)[C@H]1CC2CCC(N2)[C@H]1F. The van der Waals surface area contributed by atoms with E-state index in [0.717, 1.165) is 35.2 Å². The van der Waals surface area contributed by atoms with Crippen molar-refractivity contribution in [2.45, 2.75) is 43.6 Å². The van der Waals surface area contributed by atoms with Crippen LogP contribution >= 0.6 is 11.3 Å². The van der Waals surface area contributed by atoms with E-state index in [1.54, 1.807) is 6.20 Å². The minimum atomic E-state index is -0.899. The molecule has 2 fully saturated rings. The van der Waals surface area contributed by atoms with Crippen molar-refractivity contribution in [2.75, 3.05) is 11.9 Å². The Bertz CT molecular complexity index is 1030. The lowest BCUT2D eigenvalue weighted by Gasteiger charge is -2.38. The van der Waals surface area contributed by atoms with Crippen molar-refractivity contribution < 1.29 is 4.39 Å². The number of alkyl halides is 1. The lowest BCUT2D eigenvalue weighted by atomic mass is 9.96. The van der Waals surface area contributed by atoms with Gasteiger partial charge < -0.3 is 15.2 Å². The first-order valence-electron chi connectivity index (χ1n) is 9.18. The molecule has 0 radical (unpaired) electrons. The van der Waals surface area contributed by atoms with Crippen molar-refractivity contribution in [2.24, 2.45) is 0 Å². The van der Waals surface area contributed by atoms with Crippen LogP contribution in [0.2, 0.25) is 0 Å². The predicted molar refractivity (Wildman–Crippen MR) is 105 cm³/mol. The number of aromatic amines is 1. The van der Waals surface area contributed by atoms with E-state index >= 15 is 0 Å². The number of anilines is 1. The third-order valence-corrected chi connectivity index (χ3v) is 6.93. The second kappa shape index (κ2) is 6.38. The Morgan fingerprint density at radius 3 is 2.93 bits per heavy atom. The zero-order valence-electron chi connectivity index (χ0n) is 14.9. The van der Waals surface area contributed by atoms with Gasteiger partial charge in [-0.1, -0.05) is 0 Å². The molecule has 3 aromatic rings. The van der Waals surface area contributed by atoms with Crippen molar-refractivity contribution in [1.82, 2.24) is 20.5 Å². The summed E-state index contributed by atoms with van der Waals surface area (Å²) in [6.45, 7) is 0. The molecule has 0 saturated carbocycles. The summed E-state index contributed by atoms with van der Waals surface area (Å²) in [5, 5.41) is 12.9. The molecule has 2 saturated heterocycles. The smallest absolute Gasteiger partial charge is 0.265 e. The Kier molecular flexibility index (Phi) is 3.98. The molecular formula is C19H20FN5OS. The molecule has 2 unspecified atom stereocenters. The van der Waals surface area contributed by atoms with Crippen LogP contribution < -0.4 is 15.8 Å². The summed E-state index contributed by atoms with van der Waals surface area (Å²) in [6, 6.07) is 7.78. The van der Waals surface area contributed by atoms with Crippen LogP contribution in [-0.4, -0.2) is 46.5 Å². The molecule has 0 aromatic carbocycles. The second-order valence-electron chi connectivity index (χ2n) is 7.38. The number of nitrogens with one attached hydrogen (secondary N) is 2. The number of H-pyrrole nitrogens is 1. The van der Waals surface area contributed by atoms with Gasteiger partial charge >= 0.3 is 0 Å². The Morgan fingerprint density at radius 1 is 1.26 bits per heavy atom. The monoisotopic (exact) mass is 385 g/mol. The Morgan fingerprint density at radius 2 is 2.15 bits per heavy atom. The van der Waals surface area contributed by atoms with Crippen molar-refractivity contribution in [1.29, 1.82) is 0 Å². The zero-order chi connectivity index (χ0) is 18.5. The number of aromatic nitrogens is 3. The molecule has 0 spiro atoms. The topological polar surface area (TPSA) is 73.9 Å². The molecule has 2 bridgehead atoms. The number of piperidine rings is 1. The molecule has 2 N–H and O–H groups in total. The molecular weight excluding hydrogens is 365 g/mol. The van der Waals surface area contributed by atoms with Crippen LogP contribution in [0.3, 0.4) is 0 Å². The maximum atomic E-state index is 14.8. The van der Waals surface area contributed by atoms with Crippen LogP contribution in [0.5, 0.6) is 0 Å². The van der Waals surface area contributed by atoms with E-state index < -0.39 is 6.17 Å². The average Bonchev–Trinajstić information content (AvgIpc) is 3.30. The van der Waals surface area contributed by atoms with Crippen molar-refractivity contribution >= 4 is 27.2 Å². The summed E-state index contributed by atoms with van der Waals surface area (Å²) in [4.78, 5) is 17.4. The number of pyridine rings is 1. The molecule has 2 aliphatic heterocycles. The fraction of sp³-hybridized carbons (Fsp3) is 0.421. The van der Waals surface area contributed by atoms with Gasteiger partial charge in [-0.05, 0) is 43.5 Å². The van der Waals surface area contributed by atoms with Gasteiger partial charge in [-0.15, -0.1) is 21.5 Å². The van der Waals surface area contributed by atoms with Gasteiger partial charge in [0, 0.05) is 30.7 Å². The number of nitrogens with zero attached hydrogens (tertiary/aromatic N) is 3. The number of halogens is 1. The lowest BCUT2D eigenvalue weighted by Crippen LogP contribution is -2.55. The molecule has 6 nitrogen and oxygen atoms in total. The van der Waals surface area contributed by atoms with Gasteiger partial charge in [0.15, 0.2) is 5.82 Å². The zero-order valence-corrected chi connectivity index (χ0v) is 15.7. The van der Waals surface area contributed by atoms with Gasteiger partial charge in [-0.25, -0.2) is 4.39 Å². The minimum Gasteiger partial charge on any atom is -0.352 e. The van der Waals surface area contributed by atoms with E-state index in [-0.39, 0.29) is 17.6 Å². The number of thiophene rings is 1. The van der Waals surface area contributed by atoms with Crippen molar-refractivity contribution in [3.05, 3.63) is 40.8 Å². The Balaban J connectivity index is 1.41. The van der Waals surface area contributed by atoms with Crippen LogP contribution in [0, 0.1) is 0 Å². The van der Waals surface area contributed by atoms with E-state index in [1.165, 1.54) is 11.3 Å². The predicted octanol–water partition coefficient (Wildman–Crippen LogP) is 2.71. The normalized spacial score (nSPS) is 27.2. The van der Waals surface area contributed by atoms with Crippen LogP contribution in [-0.2, 0) is 0 Å². The first-order valence-corrected chi connectivity index (χ1v) is 10.00. The number of hydrogen-bond donors (Lipinski definition) is 2. The standard InChI is InChI=1S/C19H20FN5OS/c1-25(14-9-11-2-3-13(22-11)17(14)20)16-5-4-12(23-24-16)15-8-10-6-7-21-19(26)18(10)27-15/h4-8,11,13-14,17,22H,2-3,9H2,1H3,(H,21,26)/t11?,13?,14-,17+/m0/s1. The molecule has 3 aromatic heterocycles. The van der Waals surface area contributed by atoms with Gasteiger partial charge in [-0.2, -0.15) is 0 Å². The molecule has 5 heterocycles. The minimum absolute atomic E-state index is 0.0416. The molecule has 140 valence electrons. The van der Waals surface area contributed by atoms with Crippen LogP contribution in [0.15, 0.2) is 35.3 Å².